The molecule has 0 spiro atoms. The Morgan fingerprint density at radius 2 is 2.13 bits per heavy atom. The van der Waals surface area contributed by atoms with Crippen molar-refractivity contribution >= 4 is 11.9 Å². The number of carbonyl (C=O) groups is 1. The van der Waals surface area contributed by atoms with Gasteiger partial charge in [0, 0.05) is 12.7 Å². The average molecular weight is 324 g/mol. The van der Waals surface area contributed by atoms with Crippen molar-refractivity contribution in [3.63, 3.8) is 0 Å². The monoisotopic (exact) mass is 324 g/mol. The van der Waals surface area contributed by atoms with E-state index in [9.17, 15) is 9.18 Å². The Balaban J connectivity index is 2.27. The summed E-state index contributed by atoms with van der Waals surface area (Å²) in [5.41, 5.74) is -0.708. The number of nitrogens with zero attached hydrogens (tertiary/aromatic N) is 2. The predicted octanol–water partition coefficient (Wildman–Crippen LogP) is 1.57. The third-order valence-corrected chi connectivity index (χ3v) is 3.24. The highest BCUT2D eigenvalue weighted by Gasteiger charge is 2.34. The number of morpholine rings is 1. The minimum Gasteiger partial charge on any atom is -0.444 e. The molecule has 2 N–H and O–H groups in total. The molecule has 1 aliphatic rings. The van der Waals surface area contributed by atoms with Crippen molar-refractivity contribution in [1.29, 1.82) is 10.8 Å². The zero-order valence-electron chi connectivity index (χ0n) is 13.4. The van der Waals surface area contributed by atoms with Crippen LogP contribution in [0.15, 0.2) is 18.3 Å². The Labute approximate surface area is 133 Å². The van der Waals surface area contributed by atoms with Gasteiger partial charge in [-0.1, -0.05) is 0 Å². The zero-order chi connectivity index (χ0) is 17.2. The second-order valence-corrected chi connectivity index (χ2v) is 6.25. The summed E-state index contributed by atoms with van der Waals surface area (Å²) in [6.45, 7) is 5.98. The van der Waals surface area contributed by atoms with Crippen molar-refractivity contribution in [3.05, 3.63) is 29.6 Å². The Kier molecular flexibility index (Phi) is 4.84. The molecule has 1 aliphatic heterocycles. The highest BCUT2D eigenvalue weighted by atomic mass is 19.1. The van der Waals surface area contributed by atoms with E-state index in [1.807, 2.05) is 0 Å². The molecular formula is C15H21FN4O3. The van der Waals surface area contributed by atoms with Crippen LogP contribution >= 0.6 is 0 Å². The van der Waals surface area contributed by atoms with Crippen LogP contribution in [0.3, 0.4) is 0 Å². The number of carbonyl (C=O) groups excluding carboxylic acids is 1. The molecule has 7 nitrogen and oxygen atoms in total. The minimum absolute atomic E-state index is 0.0499. The largest absolute Gasteiger partial charge is 0.444 e. The van der Waals surface area contributed by atoms with Crippen molar-refractivity contribution in [2.75, 3.05) is 19.8 Å². The number of pyridine rings is 1. The van der Waals surface area contributed by atoms with Crippen LogP contribution in [0.4, 0.5) is 9.18 Å². The lowest BCUT2D eigenvalue weighted by Crippen LogP contribution is -2.56. The maximum absolute atomic E-state index is 13.4. The van der Waals surface area contributed by atoms with Crippen LogP contribution in [0.1, 0.15) is 20.8 Å². The van der Waals surface area contributed by atoms with E-state index in [0.29, 0.717) is 6.61 Å². The molecule has 0 radical (unpaired) electrons. The normalized spacial score (nSPS) is 18.6. The van der Waals surface area contributed by atoms with Gasteiger partial charge in [0.15, 0.2) is 0 Å². The molecule has 1 saturated heterocycles. The molecule has 1 atom stereocenters. The first-order valence-electron chi connectivity index (χ1n) is 7.28. The van der Waals surface area contributed by atoms with E-state index < -0.39 is 23.6 Å². The van der Waals surface area contributed by atoms with E-state index >= 15 is 0 Å². The Morgan fingerprint density at radius 1 is 1.43 bits per heavy atom. The van der Waals surface area contributed by atoms with E-state index in [1.165, 1.54) is 11.0 Å². The second-order valence-electron chi connectivity index (χ2n) is 6.25. The first-order valence-corrected chi connectivity index (χ1v) is 7.28. The van der Waals surface area contributed by atoms with Crippen molar-refractivity contribution in [2.24, 2.45) is 0 Å². The van der Waals surface area contributed by atoms with Crippen LogP contribution in [-0.4, -0.2) is 52.8 Å². The Bertz CT molecular complexity index is 665. The van der Waals surface area contributed by atoms with Gasteiger partial charge in [0.05, 0.1) is 13.2 Å². The fourth-order valence-corrected chi connectivity index (χ4v) is 2.20. The molecule has 1 fully saturated rings. The van der Waals surface area contributed by atoms with Gasteiger partial charge in [-0.3, -0.25) is 20.3 Å². The number of amides is 1. The summed E-state index contributed by atoms with van der Waals surface area (Å²) in [4.78, 5) is 13.7. The van der Waals surface area contributed by atoms with Crippen LogP contribution in [0.2, 0.25) is 0 Å². The fraction of sp³-hybridized carbons (Fsp3) is 0.533. The zero-order valence-corrected chi connectivity index (χ0v) is 13.4. The molecule has 2 rings (SSSR count). The smallest absolute Gasteiger partial charge is 0.411 e. The van der Waals surface area contributed by atoms with Gasteiger partial charge in [0.25, 0.3) is 0 Å². The fourth-order valence-electron chi connectivity index (χ4n) is 2.20. The number of rotatable bonds is 1. The molecule has 0 aliphatic carbocycles. The number of nitrogens with one attached hydrogen (secondary N) is 2. The number of ether oxygens (including phenoxy) is 2. The summed E-state index contributed by atoms with van der Waals surface area (Å²) in [6.07, 6.45) is 0.492. The highest BCUT2D eigenvalue weighted by Crippen LogP contribution is 2.15. The van der Waals surface area contributed by atoms with E-state index in [-0.39, 0.29) is 24.5 Å². The van der Waals surface area contributed by atoms with E-state index in [0.717, 1.165) is 16.8 Å². The summed E-state index contributed by atoms with van der Waals surface area (Å²) >= 11 is 0. The first kappa shape index (κ1) is 17.1. The first-order chi connectivity index (χ1) is 10.7. The second kappa shape index (κ2) is 6.49. The highest BCUT2D eigenvalue weighted by molar-refractivity contribution is 5.89. The van der Waals surface area contributed by atoms with Crippen LogP contribution in [0, 0.1) is 16.6 Å². The van der Waals surface area contributed by atoms with E-state index in [4.69, 9.17) is 20.3 Å². The molecule has 0 bridgehead atoms. The Morgan fingerprint density at radius 3 is 2.78 bits per heavy atom. The summed E-state index contributed by atoms with van der Waals surface area (Å²) in [5.74, 6) is -0.675. The summed E-state index contributed by atoms with van der Waals surface area (Å²) in [5, 5.41) is 16.1. The predicted molar refractivity (Wildman–Crippen MR) is 80.9 cm³/mol. The van der Waals surface area contributed by atoms with Gasteiger partial charge in [0.2, 0.25) is 0 Å². The standard InChI is InChI=1S/C15H21FN4O3/c1-15(2,3)23-14(21)19-6-7-22-9-11(19)13(18)20-8-10(16)4-5-12(20)17/h4-5,8,11,17-18H,6-7,9H2,1-3H3/t11-/m0/s1. The lowest BCUT2D eigenvalue weighted by atomic mass is 10.2. The molecule has 0 saturated carbocycles. The number of halogens is 1. The van der Waals surface area contributed by atoms with Crippen molar-refractivity contribution < 1.29 is 18.7 Å². The molecule has 2 heterocycles. The van der Waals surface area contributed by atoms with E-state index in [1.54, 1.807) is 20.8 Å². The number of hydrogen-bond donors (Lipinski definition) is 2. The van der Waals surface area contributed by atoms with Gasteiger partial charge >= 0.3 is 6.09 Å². The summed E-state index contributed by atoms with van der Waals surface area (Å²) in [7, 11) is 0. The minimum atomic E-state index is -0.741. The summed E-state index contributed by atoms with van der Waals surface area (Å²) < 4.78 is 25.2. The molecule has 126 valence electrons. The third kappa shape index (κ3) is 4.16. The lowest BCUT2D eigenvalue weighted by molar-refractivity contribution is -0.0186. The van der Waals surface area contributed by atoms with Crippen LogP contribution in [-0.2, 0) is 9.47 Å². The molecule has 1 amide bonds. The van der Waals surface area contributed by atoms with E-state index in [2.05, 4.69) is 0 Å². The van der Waals surface area contributed by atoms with Gasteiger partial charge in [0.1, 0.15) is 28.8 Å². The molecule has 1 aromatic rings. The maximum Gasteiger partial charge on any atom is 0.411 e. The average Bonchev–Trinajstić information content (AvgIpc) is 2.47. The maximum atomic E-state index is 13.4. The molecule has 8 heteroatoms. The van der Waals surface area contributed by atoms with Crippen LogP contribution in [0.25, 0.3) is 0 Å². The molecule has 0 unspecified atom stereocenters. The van der Waals surface area contributed by atoms with Gasteiger partial charge in [-0.05, 0) is 32.9 Å². The van der Waals surface area contributed by atoms with Gasteiger partial charge in [-0.25, -0.2) is 9.18 Å². The SMILES string of the molecule is CC(C)(C)OC(=O)N1CCOC[C@H]1C(=N)n1cc(F)ccc1=N. The molecule has 23 heavy (non-hydrogen) atoms. The van der Waals surface area contributed by atoms with Gasteiger partial charge in [-0.2, -0.15) is 0 Å². The summed E-state index contributed by atoms with van der Waals surface area (Å²) in [6, 6.07) is 1.66. The quantitative estimate of drug-likeness (QED) is 0.607. The topological polar surface area (TPSA) is 91.4 Å². The number of aromatic nitrogens is 1. The van der Waals surface area contributed by atoms with Crippen molar-refractivity contribution in [1.82, 2.24) is 9.47 Å². The Hall–Kier alpha value is -2.22. The van der Waals surface area contributed by atoms with Crippen molar-refractivity contribution in [3.8, 4) is 0 Å². The van der Waals surface area contributed by atoms with Crippen LogP contribution in [0.5, 0.6) is 0 Å². The lowest BCUT2D eigenvalue weighted by Gasteiger charge is -2.36. The molecule has 1 aromatic heterocycles. The van der Waals surface area contributed by atoms with Crippen molar-refractivity contribution in [2.45, 2.75) is 32.4 Å². The third-order valence-electron chi connectivity index (χ3n) is 3.24. The molecule has 0 aromatic carbocycles. The molecular weight excluding hydrogens is 303 g/mol. The number of hydrogen-bond acceptors (Lipinski definition) is 5. The van der Waals surface area contributed by atoms with Crippen LogP contribution < -0.4 is 5.49 Å². The van der Waals surface area contributed by atoms with Gasteiger partial charge in [-0.15, -0.1) is 0 Å². The van der Waals surface area contributed by atoms with Gasteiger partial charge < -0.3 is 9.47 Å².